The molecule has 7 heteroatoms. The molecule has 0 bridgehead atoms. The van der Waals surface area contributed by atoms with Crippen molar-refractivity contribution in [2.45, 2.75) is 0 Å². The first-order valence-corrected chi connectivity index (χ1v) is 8.61. The van der Waals surface area contributed by atoms with E-state index in [0.29, 0.717) is 11.4 Å². The predicted molar refractivity (Wildman–Crippen MR) is 106 cm³/mol. The lowest BCUT2D eigenvalue weighted by atomic mass is 10.1. The van der Waals surface area contributed by atoms with Gasteiger partial charge in [0.2, 0.25) is 4.77 Å². The van der Waals surface area contributed by atoms with Gasteiger partial charge in [-0.15, -0.1) is 0 Å². The normalized spacial score (nSPS) is 11.3. The number of nitrogens with one attached hydrogen (secondary N) is 1. The summed E-state index contributed by atoms with van der Waals surface area (Å²) in [6, 6.07) is 18.2. The first-order chi connectivity index (χ1) is 13.2. The Kier molecular flexibility index (Phi) is 4.52. The average molecular weight is 378 g/mol. The number of fused-ring (bicyclic) bond motifs is 1. The standard InChI is InChI=1S/C20H15FN4OS/c1-26-16-9-8-14-10-13(6-7-15(14)11-16)12-22-25-19(23-24-20(25)27)17-4-2-3-5-18(17)21/h2-12H,1H3,(H,24,27)/b22-12-. The highest BCUT2D eigenvalue weighted by Crippen LogP contribution is 2.22. The Morgan fingerprint density at radius 1 is 1.11 bits per heavy atom. The Morgan fingerprint density at radius 2 is 1.89 bits per heavy atom. The van der Waals surface area contributed by atoms with Crippen LogP contribution in [0.25, 0.3) is 22.2 Å². The van der Waals surface area contributed by atoms with Crippen molar-refractivity contribution in [3.63, 3.8) is 0 Å². The number of halogens is 1. The zero-order valence-corrected chi connectivity index (χ0v) is 15.2. The molecule has 134 valence electrons. The van der Waals surface area contributed by atoms with Crippen LogP contribution in [-0.2, 0) is 0 Å². The minimum absolute atomic E-state index is 0.287. The Bertz CT molecular complexity index is 1210. The summed E-state index contributed by atoms with van der Waals surface area (Å²) in [5.74, 6) is 0.741. The SMILES string of the molecule is COc1ccc2cc(/C=N\n3c(-c4ccccc4F)n[nH]c3=S)ccc2c1. The van der Waals surface area contributed by atoms with Crippen molar-refractivity contribution in [2.24, 2.45) is 5.10 Å². The van der Waals surface area contributed by atoms with Crippen molar-refractivity contribution in [1.82, 2.24) is 14.9 Å². The number of methoxy groups -OCH3 is 1. The third-order valence-corrected chi connectivity index (χ3v) is 4.42. The van der Waals surface area contributed by atoms with Crippen molar-refractivity contribution < 1.29 is 9.13 Å². The van der Waals surface area contributed by atoms with Gasteiger partial charge in [-0.25, -0.2) is 9.49 Å². The maximum Gasteiger partial charge on any atom is 0.216 e. The van der Waals surface area contributed by atoms with Crippen LogP contribution in [0.4, 0.5) is 4.39 Å². The number of nitrogens with zero attached hydrogens (tertiary/aromatic N) is 3. The second kappa shape index (κ2) is 7.13. The highest BCUT2D eigenvalue weighted by Gasteiger charge is 2.12. The van der Waals surface area contributed by atoms with Crippen LogP contribution in [0.15, 0.2) is 65.8 Å². The van der Waals surface area contributed by atoms with Crippen molar-refractivity contribution >= 4 is 29.2 Å². The number of aromatic amines is 1. The summed E-state index contributed by atoms with van der Waals surface area (Å²) in [5.41, 5.74) is 1.21. The molecule has 4 rings (SSSR count). The van der Waals surface area contributed by atoms with Gasteiger partial charge in [0, 0.05) is 0 Å². The van der Waals surface area contributed by atoms with Crippen LogP contribution in [0, 0.1) is 10.6 Å². The number of benzene rings is 3. The van der Waals surface area contributed by atoms with Crippen LogP contribution in [0.1, 0.15) is 5.56 Å². The molecule has 0 fully saturated rings. The molecule has 0 aliphatic heterocycles. The molecule has 0 aliphatic carbocycles. The molecular weight excluding hydrogens is 363 g/mol. The third-order valence-electron chi connectivity index (χ3n) is 4.16. The lowest BCUT2D eigenvalue weighted by Gasteiger charge is -2.04. The lowest BCUT2D eigenvalue weighted by molar-refractivity contribution is 0.415. The highest BCUT2D eigenvalue weighted by atomic mass is 32.1. The first-order valence-electron chi connectivity index (χ1n) is 8.20. The fourth-order valence-electron chi connectivity index (χ4n) is 2.79. The van der Waals surface area contributed by atoms with Crippen molar-refractivity contribution in [3.05, 3.63) is 76.8 Å². The highest BCUT2D eigenvalue weighted by molar-refractivity contribution is 7.71. The second-order valence-electron chi connectivity index (χ2n) is 5.86. The molecule has 0 atom stereocenters. The summed E-state index contributed by atoms with van der Waals surface area (Å²) >= 11 is 5.23. The van der Waals surface area contributed by atoms with E-state index < -0.39 is 0 Å². The van der Waals surface area contributed by atoms with Crippen LogP contribution >= 0.6 is 12.2 Å². The van der Waals surface area contributed by atoms with Gasteiger partial charge in [-0.3, -0.25) is 0 Å². The van der Waals surface area contributed by atoms with Gasteiger partial charge >= 0.3 is 0 Å². The van der Waals surface area contributed by atoms with E-state index in [2.05, 4.69) is 15.3 Å². The molecule has 0 saturated carbocycles. The number of rotatable bonds is 4. The Morgan fingerprint density at radius 3 is 2.70 bits per heavy atom. The van der Waals surface area contributed by atoms with E-state index in [1.807, 2.05) is 36.4 Å². The number of aromatic nitrogens is 3. The molecule has 0 saturated heterocycles. The minimum Gasteiger partial charge on any atom is -0.497 e. The minimum atomic E-state index is -0.386. The molecule has 5 nitrogen and oxygen atoms in total. The summed E-state index contributed by atoms with van der Waals surface area (Å²) < 4.78 is 21.0. The van der Waals surface area contributed by atoms with E-state index in [0.717, 1.165) is 22.1 Å². The smallest absolute Gasteiger partial charge is 0.216 e. The van der Waals surface area contributed by atoms with Crippen molar-refractivity contribution in [3.8, 4) is 17.1 Å². The van der Waals surface area contributed by atoms with Crippen LogP contribution < -0.4 is 4.74 Å². The number of H-pyrrole nitrogens is 1. The van der Waals surface area contributed by atoms with E-state index in [4.69, 9.17) is 17.0 Å². The maximum atomic E-state index is 14.1. The second-order valence-corrected chi connectivity index (χ2v) is 6.25. The van der Waals surface area contributed by atoms with Crippen LogP contribution in [0.2, 0.25) is 0 Å². The maximum absolute atomic E-state index is 14.1. The predicted octanol–water partition coefficient (Wildman–Crippen LogP) is 4.79. The largest absolute Gasteiger partial charge is 0.497 e. The molecule has 0 amide bonds. The van der Waals surface area contributed by atoms with E-state index in [1.165, 1.54) is 10.7 Å². The Balaban J connectivity index is 1.72. The summed E-state index contributed by atoms with van der Waals surface area (Å²) in [4.78, 5) is 0. The third kappa shape index (κ3) is 3.37. The molecule has 27 heavy (non-hydrogen) atoms. The molecular formula is C20H15FN4OS. The zero-order chi connectivity index (χ0) is 18.8. The zero-order valence-electron chi connectivity index (χ0n) is 14.4. The van der Waals surface area contributed by atoms with Gasteiger partial charge in [-0.2, -0.15) is 14.9 Å². The summed E-state index contributed by atoms with van der Waals surface area (Å²) in [7, 11) is 1.64. The topological polar surface area (TPSA) is 55.2 Å². The molecule has 1 heterocycles. The molecule has 0 spiro atoms. The fourth-order valence-corrected chi connectivity index (χ4v) is 2.97. The Labute approximate surface area is 159 Å². The molecule has 4 aromatic rings. The van der Waals surface area contributed by atoms with E-state index >= 15 is 0 Å². The van der Waals surface area contributed by atoms with Gasteiger partial charge in [-0.05, 0) is 58.9 Å². The molecule has 1 aromatic heterocycles. The first kappa shape index (κ1) is 17.1. The van der Waals surface area contributed by atoms with Gasteiger partial charge in [0.1, 0.15) is 11.6 Å². The number of ether oxygens (including phenoxy) is 1. The summed E-state index contributed by atoms with van der Waals surface area (Å²) in [5, 5.41) is 13.3. The average Bonchev–Trinajstić information content (AvgIpc) is 3.06. The van der Waals surface area contributed by atoms with Crippen LogP contribution in [-0.4, -0.2) is 28.2 Å². The Hall–Kier alpha value is -3.32. The molecule has 0 radical (unpaired) electrons. The molecule has 1 N–H and O–H groups in total. The molecule has 0 unspecified atom stereocenters. The van der Waals surface area contributed by atoms with Crippen molar-refractivity contribution in [1.29, 1.82) is 0 Å². The van der Waals surface area contributed by atoms with Gasteiger partial charge in [0.05, 0.1) is 18.9 Å². The van der Waals surface area contributed by atoms with Gasteiger partial charge in [0.25, 0.3) is 0 Å². The van der Waals surface area contributed by atoms with Crippen molar-refractivity contribution in [2.75, 3.05) is 7.11 Å². The van der Waals surface area contributed by atoms with E-state index in [9.17, 15) is 4.39 Å². The fraction of sp³-hybridized carbons (Fsp3) is 0.0500. The van der Waals surface area contributed by atoms with E-state index in [-0.39, 0.29) is 10.6 Å². The van der Waals surface area contributed by atoms with Crippen LogP contribution in [0.5, 0.6) is 5.75 Å². The van der Waals surface area contributed by atoms with Gasteiger partial charge in [-0.1, -0.05) is 30.3 Å². The quantitative estimate of drug-likeness (QED) is 0.410. The van der Waals surface area contributed by atoms with E-state index in [1.54, 1.807) is 31.5 Å². The monoisotopic (exact) mass is 378 g/mol. The number of hydrogen-bond donors (Lipinski definition) is 1. The summed E-state index contributed by atoms with van der Waals surface area (Å²) in [6.45, 7) is 0. The molecule has 3 aromatic carbocycles. The lowest BCUT2D eigenvalue weighted by Crippen LogP contribution is -1.96. The van der Waals surface area contributed by atoms with Crippen LogP contribution in [0.3, 0.4) is 0 Å². The van der Waals surface area contributed by atoms with Gasteiger partial charge in [0.15, 0.2) is 5.82 Å². The molecule has 0 aliphatic rings. The summed E-state index contributed by atoms with van der Waals surface area (Å²) in [6.07, 6.45) is 1.67. The van der Waals surface area contributed by atoms with Gasteiger partial charge < -0.3 is 4.74 Å². The number of hydrogen-bond acceptors (Lipinski definition) is 4.